The van der Waals surface area contributed by atoms with Crippen molar-refractivity contribution in [1.82, 2.24) is 5.32 Å². The first-order chi connectivity index (χ1) is 5.70. The highest BCUT2D eigenvalue weighted by atomic mass is 16.5. The smallest absolute Gasteiger partial charge is 0.0700 e. The van der Waals surface area contributed by atoms with Crippen LogP contribution in [0, 0.1) is 0 Å². The zero-order valence-electron chi connectivity index (χ0n) is 7.92. The van der Waals surface area contributed by atoms with Crippen molar-refractivity contribution in [3.63, 3.8) is 0 Å². The molecular weight excluding hydrogens is 154 g/mol. The first-order valence-corrected chi connectivity index (χ1v) is 4.73. The van der Waals surface area contributed by atoms with E-state index in [1.54, 1.807) is 0 Å². The maximum atomic E-state index is 9.02. The SMILES string of the molecule is C[C@H](O)CCN[C@@H]1CCO[C@@H]1C. The molecule has 72 valence electrons. The van der Waals surface area contributed by atoms with Crippen molar-refractivity contribution in [3.8, 4) is 0 Å². The molecule has 3 heteroatoms. The van der Waals surface area contributed by atoms with Crippen LogP contribution < -0.4 is 5.32 Å². The summed E-state index contributed by atoms with van der Waals surface area (Å²) in [6, 6.07) is 0.490. The summed E-state index contributed by atoms with van der Waals surface area (Å²) in [5.74, 6) is 0. The Morgan fingerprint density at radius 3 is 2.92 bits per heavy atom. The average Bonchev–Trinajstić information content (AvgIpc) is 2.36. The number of ether oxygens (including phenoxy) is 1. The summed E-state index contributed by atoms with van der Waals surface area (Å²) < 4.78 is 5.40. The lowest BCUT2D eigenvalue weighted by Crippen LogP contribution is -2.36. The van der Waals surface area contributed by atoms with E-state index in [4.69, 9.17) is 9.84 Å². The first kappa shape index (κ1) is 9.96. The molecule has 2 N–H and O–H groups in total. The van der Waals surface area contributed by atoms with Gasteiger partial charge in [0, 0.05) is 12.6 Å². The molecule has 1 rings (SSSR count). The average molecular weight is 173 g/mol. The second-order valence-corrected chi connectivity index (χ2v) is 3.56. The molecule has 0 aromatic carbocycles. The minimum absolute atomic E-state index is 0.199. The molecule has 3 atom stereocenters. The van der Waals surface area contributed by atoms with Gasteiger partial charge in [0.05, 0.1) is 12.2 Å². The molecular formula is C9H19NO2. The zero-order chi connectivity index (χ0) is 8.97. The number of aliphatic hydroxyl groups excluding tert-OH is 1. The Kier molecular flexibility index (Phi) is 3.98. The first-order valence-electron chi connectivity index (χ1n) is 4.73. The van der Waals surface area contributed by atoms with Gasteiger partial charge in [-0.2, -0.15) is 0 Å². The van der Waals surface area contributed by atoms with Crippen LogP contribution in [0.1, 0.15) is 26.7 Å². The van der Waals surface area contributed by atoms with Gasteiger partial charge in [-0.25, -0.2) is 0 Å². The topological polar surface area (TPSA) is 41.5 Å². The molecule has 1 fully saturated rings. The van der Waals surface area contributed by atoms with Crippen molar-refractivity contribution >= 4 is 0 Å². The Bertz CT molecular complexity index is 128. The van der Waals surface area contributed by atoms with Gasteiger partial charge < -0.3 is 15.2 Å². The summed E-state index contributed by atoms with van der Waals surface area (Å²) in [4.78, 5) is 0. The summed E-state index contributed by atoms with van der Waals surface area (Å²) >= 11 is 0. The highest BCUT2D eigenvalue weighted by Gasteiger charge is 2.22. The minimum atomic E-state index is -0.199. The van der Waals surface area contributed by atoms with Crippen molar-refractivity contribution in [1.29, 1.82) is 0 Å². The summed E-state index contributed by atoms with van der Waals surface area (Å²) in [6.07, 6.45) is 2.05. The molecule has 0 saturated carbocycles. The van der Waals surface area contributed by atoms with E-state index in [1.807, 2.05) is 6.92 Å². The highest BCUT2D eigenvalue weighted by Crippen LogP contribution is 2.12. The fourth-order valence-corrected chi connectivity index (χ4v) is 1.48. The third-order valence-corrected chi connectivity index (χ3v) is 2.34. The van der Waals surface area contributed by atoms with Gasteiger partial charge in [0.25, 0.3) is 0 Å². The molecule has 0 aromatic rings. The molecule has 0 unspecified atom stereocenters. The Hall–Kier alpha value is -0.120. The molecule has 1 aliphatic rings. The number of hydrogen-bond acceptors (Lipinski definition) is 3. The lowest BCUT2D eigenvalue weighted by Gasteiger charge is -2.16. The maximum Gasteiger partial charge on any atom is 0.0700 e. The Morgan fingerprint density at radius 2 is 2.42 bits per heavy atom. The van der Waals surface area contributed by atoms with Crippen LogP contribution in [0.3, 0.4) is 0 Å². The minimum Gasteiger partial charge on any atom is -0.393 e. The summed E-state index contributed by atoms with van der Waals surface area (Å²) in [5.41, 5.74) is 0. The molecule has 3 nitrogen and oxygen atoms in total. The fourth-order valence-electron chi connectivity index (χ4n) is 1.48. The molecule has 1 heterocycles. The van der Waals surface area contributed by atoms with Crippen LogP contribution in [-0.2, 0) is 4.74 Å². The second kappa shape index (κ2) is 4.80. The van der Waals surface area contributed by atoms with E-state index in [0.717, 1.165) is 26.0 Å². The van der Waals surface area contributed by atoms with Crippen LogP contribution in [0.4, 0.5) is 0 Å². The van der Waals surface area contributed by atoms with Crippen LogP contribution >= 0.6 is 0 Å². The van der Waals surface area contributed by atoms with Crippen LogP contribution in [0.25, 0.3) is 0 Å². The van der Waals surface area contributed by atoms with Gasteiger partial charge in [-0.3, -0.25) is 0 Å². The Balaban J connectivity index is 2.06. The molecule has 1 aliphatic heterocycles. The lowest BCUT2D eigenvalue weighted by molar-refractivity contribution is 0.111. The number of aliphatic hydroxyl groups is 1. The zero-order valence-corrected chi connectivity index (χ0v) is 7.92. The van der Waals surface area contributed by atoms with E-state index in [1.165, 1.54) is 0 Å². The Morgan fingerprint density at radius 1 is 1.67 bits per heavy atom. The molecule has 0 amide bonds. The van der Waals surface area contributed by atoms with Crippen molar-refractivity contribution in [3.05, 3.63) is 0 Å². The van der Waals surface area contributed by atoms with Crippen molar-refractivity contribution in [2.45, 2.75) is 44.9 Å². The third kappa shape index (κ3) is 3.09. The van der Waals surface area contributed by atoms with Crippen LogP contribution in [-0.4, -0.2) is 36.5 Å². The predicted molar refractivity (Wildman–Crippen MR) is 48.1 cm³/mol. The molecule has 0 radical (unpaired) electrons. The standard InChI is InChI=1S/C9H19NO2/c1-7(11)3-5-10-9-4-6-12-8(9)2/h7-11H,3-6H2,1-2H3/t7-,8+,9+/m0/s1. The van der Waals surface area contributed by atoms with Gasteiger partial charge in [-0.15, -0.1) is 0 Å². The summed E-state index contributed by atoms with van der Waals surface area (Å²) in [6.45, 7) is 5.66. The van der Waals surface area contributed by atoms with Gasteiger partial charge in [-0.05, 0) is 33.2 Å². The molecule has 0 aliphatic carbocycles. The van der Waals surface area contributed by atoms with Crippen LogP contribution in [0.2, 0.25) is 0 Å². The monoisotopic (exact) mass is 173 g/mol. The van der Waals surface area contributed by atoms with E-state index >= 15 is 0 Å². The maximum absolute atomic E-state index is 9.02. The Labute approximate surface area is 74.1 Å². The van der Waals surface area contributed by atoms with Crippen molar-refractivity contribution in [2.75, 3.05) is 13.2 Å². The van der Waals surface area contributed by atoms with E-state index in [0.29, 0.717) is 12.1 Å². The van der Waals surface area contributed by atoms with Crippen LogP contribution in [0.15, 0.2) is 0 Å². The predicted octanol–water partition coefficient (Wildman–Crippen LogP) is 0.524. The van der Waals surface area contributed by atoms with Gasteiger partial charge in [0.15, 0.2) is 0 Å². The molecule has 12 heavy (non-hydrogen) atoms. The van der Waals surface area contributed by atoms with Gasteiger partial charge >= 0.3 is 0 Å². The summed E-state index contributed by atoms with van der Waals surface area (Å²) in [7, 11) is 0. The van der Waals surface area contributed by atoms with E-state index in [-0.39, 0.29) is 6.10 Å². The fraction of sp³-hybridized carbons (Fsp3) is 1.00. The van der Waals surface area contributed by atoms with Gasteiger partial charge in [-0.1, -0.05) is 0 Å². The van der Waals surface area contributed by atoms with Gasteiger partial charge in [0.1, 0.15) is 0 Å². The van der Waals surface area contributed by atoms with E-state index in [9.17, 15) is 0 Å². The normalized spacial score (nSPS) is 32.2. The lowest BCUT2D eigenvalue weighted by atomic mass is 10.1. The number of hydrogen-bond donors (Lipinski definition) is 2. The number of nitrogens with one attached hydrogen (secondary N) is 1. The number of rotatable bonds is 4. The highest BCUT2D eigenvalue weighted by molar-refractivity contribution is 4.78. The van der Waals surface area contributed by atoms with Crippen molar-refractivity contribution in [2.24, 2.45) is 0 Å². The van der Waals surface area contributed by atoms with E-state index in [2.05, 4.69) is 12.2 Å². The van der Waals surface area contributed by atoms with Crippen LogP contribution in [0.5, 0.6) is 0 Å². The molecule has 1 saturated heterocycles. The summed E-state index contributed by atoms with van der Waals surface area (Å²) in [5, 5.41) is 12.4. The quantitative estimate of drug-likeness (QED) is 0.651. The third-order valence-electron chi connectivity index (χ3n) is 2.34. The van der Waals surface area contributed by atoms with Gasteiger partial charge in [0.2, 0.25) is 0 Å². The van der Waals surface area contributed by atoms with Crippen molar-refractivity contribution < 1.29 is 9.84 Å². The molecule has 0 spiro atoms. The second-order valence-electron chi connectivity index (χ2n) is 3.56. The molecule has 0 aromatic heterocycles. The van der Waals surface area contributed by atoms with E-state index < -0.39 is 0 Å². The molecule has 0 bridgehead atoms. The largest absolute Gasteiger partial charge is 0.393 e.